The largest absolute Gasteiger partial charge is 0.392 e. The molecule has 1 saturated heterocycles. The molecular weight excluding hydrogens is 286 g/mol. The van der Waals surface area contributed by atoms with Gasteiger partial charge in [-0.3, -0.25) is 0 Å². The summed E-state index contributed by atoms with van der Waals surface area (Å²) in [5.74, 6) is 0.351. The molecule has 0 bridgehead atoms. The lowest BCUT2D eigenvalue weighted by atomic mass is 10.1. The number of hydrogen-bond donors (Lipinski definition) is 1. The van der Waals surface area contributed by atoms with Crippen molar-refractivity contribution in [3.63, 3.8) is 0 Å². The Balaban J connectivity index is 2.45. The molecule has 2 unspecified atom stereocenters. The fourth-order valence-electron chi connectivity index (χ4n) is 2.57. The summed E-state index contributed by atoms with van der Waals surface area (Å²) >= 11 is 6.01. The number of nitrogens with zero attached hydrogens (tertiary/aromatic N) is 1. The van der Waals surface area contributed by atoms with Crippen LogP contribution in [0.5, 0.6) is 0 Å². The first kappa shape index (κ1) is 14.8. The summed E-state index contributed by atoms with van der Waals surface area (Å²) in [6.07, 6.45) is 0.858. The maximum atomic E-state index is 12.6. The monoisotopic (exact) mass is 303 g/mol. The van der Waals surface area contributed by atoms with Crippen molar-refractivity contribution in [3.05, 3.63) is 28.8 Å². The summed E-state index contributed by atoms with van der Waals surface area (Å²) in [6.45, 7) is 4.26. The van der Waals surface area contributed by atoms with E-state index in [-0.39, 0.29) is 22.6 Å². The Morgan fingerprint density at radius 3 is 2.63 bits per heavy atom. The first-order valence-corrected chi connectivity index (χ1v) is 8.09. The topological polar surface area (TPSA) is 57.6 Å². The van der Waals surface area contributed by atoms with Crippen LogP contribution >= 0.6 is 11.6 Å². The minimum atomic E-state index is -3.59. The SMILES string of the molecule is CC1CC(C)N(S(=O)(=O)c2cc(CO)ccc2Cl)C1. The number of sulfonamides is 1. The molecule has 1 aromatic rings. The highest BCUT2D eigenvalue weighted by Gasteiger charge is 2.37. The fraction of sp³-hybridized carbons (Fsp3) is 0.538. The van der Waals surface area contributed by atoms with Gasteiger partial charge in [0, 0.05) is 12.6 Å². The minimum absolute atomic E-state index is 0.0196. The zero-order chi connectivity index (χ0) is 14.2. The summed E-state index contributed by atoms with van der Waals surface area (Å²) in [5, 5.41) is 9.32. The van der Waals surface area contributed by atoms with Crippen molar-refractivity contribution in [1.29, 1.82) is 0 Å². The van der Waals surface area contributed by atoms with Gasteiger partial charge in [0.15, 0.2) is 0 Å². The average Bonchev–Trinajstić information content (AvgIpc) is 2.69. The van der Waals surface area contributed by atoms with Crippen LogP contribution in [0, 0.1) is 5.92 Å². The summed E-state index contributed by atoms with van der Waals surface area (Å²) < 4.78 is 26.8. The quantitative estimate of drug-likeness (QED) is 0.932. The van der Waals surface area contributed by atoms with Gasteiger partial charge in [-0.2, -0.15) is 4.31 Å². The minimum Gasteiger partial charge on any atom is -0.392 e. The van der Waals surface area contributed by atoms with Gasteiger partial charge in [0.05, 0.1) is 11.6 Å². The van der Waals surface area contributed by atoms with Gasteiger partial charge < -0.3 is 5.11 Å². The summed E-state index contributed by atoms with van der Waals surface area (Å²) in [5.41, 5.74) is 0.544. The van der Waals surface area contributed by atoms with Crippen LogP contribution in [0.4, 0.5) is 0 Å². The Hall–Kier alpha value is -0.620. The second-order valence-corrected chi connectivity index (χ2v) is 7.45. The molecule has 4 nitrogen and oxygen atoms in total. The van der Waals surface area contributed by atoms with E-state index in [4.69, 9.17) is 16.7 Å². The average molecular weight is 304 g/mol. The Bertz CT molecular complexity index is 573. The van der Waals surface area contributed by atoms with E-state index in [2.05, 4.69) is 0 Å². The third-order valence-electron chi connectivity index (χ3n) is 3.49. The molecule has 1 N–H and O–H groups in total. The molecule has 0 aromatic heterocycles. The lowest BCUT2D eigenvalue weighted by molar-refractivity contribution is 0.281. The van der Waals surface area contributed by atoms with Crippen molar-refractivity contribution in [2.45, 2.75) is 37.8 Å². The van der Waals surface area contributed by atoms with Crippen LogP contribution in [0.1, 0.15) is 25.8 Å². The smallest absolute Gasteiger partial charge is 0.244 e. The Kier molecular flexibility index (Phi) is 4.20. The third kappa shape index (κ3) is 2.79. The van der Waals surface area contributed by atoms with Gasteiger partial charge in [-0.15, -0.1) is 0 Å². The first-order valence-electron chi connectivity index (χ1n) is 6.27. The first-order chi connectivity index (χ1) is 8.86. The van der Waals surface area contributed by atoms with E-state index < -0.39 is 10.0 Å². The molecular formula is C13H18ClNO3S. The predicted molar refractivity (Wildman–Crippen MR) is 74.5 cm³/mol. The second-order valence-electron chi connectivity index (χ2n) is 5.19. The van der Waals surface area contributed by atoms with E-state index in [0.717, 1.165) is 6.42 Å². The van der Waals surface area contributed by atoms with Gasteiger partial charge in [0.1, 0.15) is 4.90 Å². The maximum Gasteiger partial charge on any atom is 0.244 e. The van der Waals surface area contributed by atoms with Crippen molar-refractivity contribution < 1.29 is 13.5 Å². The van der Waals surface area contributed by atoms with Gasteiger partial charge >= 0.3 is 0 Å². The number of hydrogen-bond acceptors (Lipinski definition) is 3. The van der Waals surface area contributed by atoms with Gasteiger partial charge in [-0.05, 0) is 37.0 Å². The molecule has 0 radical (unpaired) electrons. The van der Waals surface area contributed by atoms with Gasteiger partial charge in [-0.1, -0.05) is 24.6 Å². The summed E-state index contributed by atoms with van der Waals surface area (Å²) in [4.78, 5) is 0.0849. The maximum absolute atomic E-state index is 12.6. The lowest BCUT2D eigenvalue weighted by Crippen LogP contribution is -2.34. The molecule has 1 aliphatic rings. The van der Waals surface area contributed by atoms with Gasteiger partial charge in [-0.25, -0.2) is 8.42 Å². The van der Waals surface area contributed by atoms with Crippen molar-refractivity contribution in [2.75, 3.05) is 6.54 Å². The molecule has 106 valence electrons. The molecule has 1 aliphatic heterocycles. The molecule has 1 aromatic carbocycles. The zero-order valence-corrected chi connectivity index (χ0v) is 12.6. The molecule has 2 rings (SSSR count). The number of halogens is 1. The number of benzene rings is 1. The fourth-order valence-corrected chi connectivity index (χ4v) is 4.85. The second kappa shape index (κ2) is 5.40. The zero-order valence-electron chi connectivity index (χ0n) is 11.0. The van der Waals surface area contributed by atoms with Crippen LogP contribution in [0.3, 0.4) is 0 Å². The van der Waals surface area contributed by atoms with E-state index in [9.17, 15) is 8.42 Å². The van der Waals surface area contributed by atoms with Crippen molar-refractivity contribution in [2.24, 2.45) is 5.92 Å². The lowest BCUT2D eigenvalue weighted by Gasteiger charge is -2.22. The molecule has 1 heterocycles. The van der Waals surface area contributed by atoms with Crippen LogP contribution in [0.15, 0.2) is 23.1 Å². The highest BCUT2D eigenvalue weighted by Crippen LogP contribution is 2.32. The van der Waals surface area contributed by atoms with Gasteiger partial charge in [0.2, 0.25) is 10.0 Å². The predicted octanol–water partition coefficient (Wildman–Crippen LogP) is 2.25. The van der Waals surface area contributed by atoms with Crippen LogP contribution in [-0.2, 0) is 16.6 Å². The molecule has 0 saturated carbocycles. The van der Waals surface area contributed by atoms with Crippen LogP contribution in [0.25, 0.3) is 0 Å². The molecule has 6 heteroatoms. The van der Waals surface area contributed by atoms with E-state index in [1.54, 1.807) is 6.07 Å². The molecule has 2 atom stereocenters. The highest BCUT2D eigenvalue weighted by molar-refractivity contribution is 7.89. The van der Waals surface area contributed by atoms with E-state index >= 15 is 0 Å². The summed E-state index contributed by atoms with van der Waals surface area (Å²) in [7, 11) is -3.59. The Morgan fingerprint density at radius 1 is 1.42 bits per heavy atom. The molecule has 0 aliphatic carbocycles. The number of aliphatic hydroxyl groups is 1. The van der Waals surface area contributed by atoms with Crippen LogP contribution in [-0.4, -0.2) is 30.4 Å². The van der Waals surface area contributed by atoms with E-state index in [1.165, 1.54) is 16.4 Å². The molecule has 19 heavy (non-hydrogen) atoms. The molecule has 0 amide bonds. The Morgan fingerprint density at radius 2 is 2.11 bits per heavy atom. The molecule has 1 fully saturated rings. The highest BCUT2D eigenvalue weighted by atomic mass is 35.5. The molecule has 0 spiro atoms. The van der Waals surface area contributed by atoms with E-state index in [0.29, 0.717) is 18.0 Å². The van der Waals surface area contributed by atoms with Gasteiger partial charge in [0.25, 0.3) is 0 Å². The van der Waals surface area contributed by atoms with Crippen LogP contribution in [0.2, 0.25) is 5.02 Å². The van der Waals surface area contributed by atoms with E-state index in [1.807, 2.05) is 13.8 Å². The normalized spacial score (nSPS) is 24.8. The van der Waals surface area contributed by atoms with Crippen molar-refractivity contribution in [1.82, 2.24) is 4.31 Å². The van der Waals surface area contributed by atoms with Crippen molar-refractivity contribution in [3.8, 4) is 0 Å². The van der Waals surface area contributed by atoms with Crippen LogP contribution < -0.4 is 0 Å². The standard InChI is InChI=1S/C13H18ClNO3S/c1-9-5-10(2)15(7-9)19(17,18)13-6-11(8-16)3-4-12(13)14/h3-4,6,9-10,16H,5,7-8H2,1-2H3. The Labute approximate surface area is 119 Å². The summed E-state index contributed by atoms with van der Waals surface area (Å²) in [6, 6.07) is 4.57. The number of aliphatic hydroxyl groups excluding tert-OH is 1. The van der Waals surface area contributed by atoms with Crippen molar-refractivity contribution >= 4 is 21.6 Å². The third-order valence-corrected chi connectivity index (χ3v) is 5.95. The number of rotatable bonds is 3.